The highest BCUT2D eigenvalue weighted by molar-refractivity contribution is 5.97. The molecule has 2 rings (SSSR count). The fourth-order valence-electron chi connectivity index (χ4n) is 1.43. The molecular formula is C8H10O3. The lowest BCUT2D eigenvalue weighted by Gasteiger charge is -2.16. The van der Waals surface area contributed by atoms with Gasteiger partial charge in [0.2, 0.25) is 0 Å². The molecule has 0 aromatic rings. The molecule has 11 heavy (non-hydrogen) atoms. The van der Waals surface area contributed by atoms with E-state index in [-0.39, 0.29) is 18.0 Å². The van der Waals surface area contributed by atoms with Gasteiger partial charge in [0, 0.05) is 0 Å². The number of hydrogen-bond acceptors (Lipinski definition) is 3. The normalized spacial score (nSPS) is 39.6. The zero-order valence-corrected chi connectivity index (χ0v) is 6.53. The average Bonchev–Trinajstić information content (AvgIpc) is 2.31. The molecule has 0 aromatic carbocycles. The van der Waals surface area contributed by atoms with Gasteiger partial charge in [0.1, 0.15) is 6.10 Å². The van der Waals surface area contributed by atoms with Crippen molar-refractivity contribution < 1.29 is 14.3 Å². The number of ketones is 1. The van der Waals surface area contributed by atoms with Crippen LogP contribution >= 0.6 is 0 Å². The monoisotopic (exact) mass is 154 g/mol. The molecule has 0 aromatic heterocycles. The second-order valence-electron chi connectivity index (χ2n) is 3.28. The number of carbonyl (C=O) groups is 1. The molecule has 0 amide bonds. The van der Waals surface area contributed by atoms with Crippen LogP contribution in [-0.2, 0) is 14.3 Å². The molecule has 1 fully saturated rings. The van der Waals surface area contributed by atoms with Crippen LogP contribution in [0.2, 0.25) is 0 Å². The van der Waals surface area contributed by atoms with Gasteiger partial charge < -0.3 is 9.47 Å². The van der Waals surface area contributed by atoms with Gasteiger partial charge in [0.05, 0.1) is 0 Å². The van der Waals surface area contributed by atoms with Gasteiger partial charge in [-0.05, 0) is 26.0 Å². The molecule has 2 aliphatic rings. The molecule has 1 unspecified atom stereocenters. The Hall–Kier alpha value is -0.670. The third-order valence-corrected chi connectivity index (χ3v) is 1.86. The second kappa shape index (κ2) is 1.93. The van der Waals surface area contributed by atoms with E-state index in [1.165, 1.54) is 6.08 Å². The Bertz CT molecular complexity index is 229. The van der Waals surface area contributed by atoms with Crippen LogP contribution in [0.4, 0.5) is 0 Å². The van der Waals surface area contributed by atoms with Gasteiger partial charge in [-0.25, -0.2) is 0 Å². The predicted molar refractivity (Wildman–Crippen MR) is 38.0 cm³/mol. The van der Waals surface area contributed by atoms with E-state index in [1.807, 2.05) is 13.8 Å². The first-order valence-corrected chi connectivity index (χ1v) is 3.66. The molecule has 0 radical (unpaired) electrons. The maximum atomic E-state index is 11.1. The van der Waals surface area contributed by atoms with E-state index in [9.17, 15) is 4.79 Å². The van der Waals surface area contributed by atoms with Crippen LogP contribution in [0.5, 0.6) is 0 Å². The van der Waals surface area contributed by atoms with E-state index in [2.05, 4.69) is 0 Å². The molecule has 2 atom stereocenters. The fraction of sp³-hybridized carbons (Fsp3) is 0.625. The third-order valence-electron chi connectivity index (χ3n) is 1.86. The van der Waals surface area contributed by atoms with Gasteiger partial charge in [-0.15, -0.1) is 0 Å². The number of ether oxygens (including phenoxy) is 2. The first kappa shape index (κ1) is 7.00. The van der Waals surface area contributed by atoms with Crippen molar-refractivity contribution in [2.45, 2.75) is 31.8 Å². The van der Waals surface area contributed by atoms with Crippen LogP contribution in [0.15, 0.2) is 12.2 Å². The van der Waals surface area contributed by atoms with E-state index < -0.39 is 5.79 Å². The maximum absolute atomic E-state index is 11.1. The molecule has 3 heteroatoms. The summed E-state index contributed by atoms with van der Waals surface area (Å²) in [6, 6.07) is 0. The number of hydrogen-bond donors (Lipinski definition) is 0. The highest BCUT2D eigenvalue weighted by Crippen LogP contribution is 2.32. The SMILES string of the molecule is CC1(C)OC2C=CC(=O)[C@@H]2O1. The van der Waals surface area contributed by atoms with E-state index in [0.717, 1.165) is 0 Å². The minimum Gasteiger partial charge on any atom is -0.340 e. The van der Waals surface area contributed by atoms with Gasteiger partial charge in [0.15, 0.2) is 17.7 Å². The third kappa shape index (κ3) is 1.01. The van der Waals surface area contributed by atoms with Crippen LogP contribution < -0.4 is 0 Å². The summed E-state index contributed by atoms with van der Waals surface area (Å²) in [5.41, 5.74) is 0. The quantitative estimate of drug-likeness (QED) is 0.513. The molecule has 1 saturated heterocycles. The largest absolute Gasteiger partial charge is 0.340 e. The van der Waals surface area contributed by atoms with Gasteiger partial charge in [0.25, 0.3) is 0 Å². The van der Waals surface area contributed by atoms with Crippen molar-refractivity contribution >= 4 is 5.78 Å². The summed E-state index contributed by atoms with van der Waals surface area (Å²) < 4.78 is 10.8. The van der Waals surface area contributed by atoms with Gasteiger partial charge in [-0.2, -0.15) is 0 Å². The first-order chi connectivity index (χ1) is 5.08. The van der Waals surface area contributed by atoms with Crippen molar-refractivity contribution in [2.75, 3.05) is 0 Å². The summed E-state index contributed by atoms with van der Waals surface area (Å²) in [4.78, 5) is 11.1. The average molecular weight is 154 g/mol. The fourth-order valence-corrected chi connectivity index (χ4v) is 1.43. The molecule has 60 valence electrons. The number of rotatable bonds is 0. The van der Waals surface area contributed by atoms with Gasteiger partial charge in [-0.3, -0.25) is 4.79 Å². The van der Waals surface area contributed by atoms with Crippen molar-refractivity contribution in [3.8, 4) is 0 Å². The van der Waals surface area contributed by atoms with Crippen LogP contribution in [-0.4, -0.2) is 23.8 Å². The minimum absolute atomic E-state index is 0.0144. The highest BCUT2D eigenvalue weighted by atomic mass is 16.8. The molecule has 0 N–H and O–H groups in total. The van der Waals surface area contributed by atoms with E-state index in [0.29, 0.717) is 0 Å². The van der Waals surface area contributed by atoms with E-state index in [4.69, 9.17) is 9.47 Å². The Morgan fingerprint density at radius 1 is 1.45 bits per heavy atom. The lowest BCUT2D eigenvalue weighted by molar-refractivity contribution is -0.152. The maximum Gasteiger partial charge on any atom is 0.187 e. The summed E-state index contributed by atoms with van der Waals surface area (Å²) in [5, 5.41) is 0. The molecule has 1 aliphatic carbocycles. The van der Waals surface area contributed by atoms with Crippen LogP contribution in [0, 0.1) is 0 Å². The van der Waals surface area contributed by atoms with Crippen LogP contribution in [0.1, 0.15) is 13.8 Å². The molecular weight excluding hydrogens is 144 g/mol. The van der Waals surface area contributed by atoms with Crippen LogP contribution in [0.25, 0.3) is 0 Å². The topological polar surface area (TPSA) is 35.5 Å². The second-order valence-corrected chi connectivity index (χ2v) is 3.28. The zero-order chi connectivity index (χ0) is 8.06. The van der Waals surface area contributed by atoms with Gasteiger partial charge >= 0.3 is 0 Å². The lowest BCUT2D eigenvalue weighted by Crippen LogP contribution is -2.25. The first-order valence-electron chi connectivity index (χ1n) is 3.66. The van der Waals surface area contributed by atoms with E-state index >= 15 is 0 Å². The number of carbonyl (C=O) groups excluding carboxylic acids is 1. The Morgan fingerprint density at radius 2 is 2.18 bits per heavy atom. The summed E-state index contributed by atoms with van der Waals surface area (Å²) in [7, 11) is 0. The summed E-state index contributed by atoms with van der Waals surface area (Å²) in [6.45, 7) is 3.62. The lowest BCUT2D eigenvalue weighted by atomic mass is 10.2. The van der Waals surface area contributed by atoms with Crippen molar-refractivity contribution in [3.63, 3.8) is 0 Å². The summed E-state index contributed by atoms with van der Waals surface area (Å²) in [6.07, 6.45) is 2.73. The summed E-state index contributed by atoms with van der Waals surface area (Å²) in [5.74, 6) is -0.587. The van der Waals surface area contributed by atoms with Crippen LogP contribution in [0.3, 0.4) is 0 Å². The van der Waals surface area contributed by atoms with Crippen molar-refractivity contribution in [2.24, 2.45) is 0 Å². The predicted octanol–water partition coefficient (Wildman–Crippen LogP) is 0.645. The van der Waals surface area contributed by atoms with Gasteiger partial charge in [-0.1, -0.05) is 0 Å². The Labute approximate surface area is 65.0 Å². The molecule has 0 spiro atoms. The molecule has 3 nitrogen and oxygen atoms in total. The highest BCUT2D eigenvalue weighted by Gasteiger charge is 2.45. The molecule has 0 bridgehead atoms. The smallest absolute Gasteiger partial charge is 0.187 e. The Balaban J connectivity index is 2.22. The van der Waals surface area contributed by atoms with Crippen molar-refractivity contribution in [1.82, 2.24) is 0 Å². The van der Waals surface area contributed by atoms with E-state index in [1.54, 1.807) is 6.08 Å². The molecule has 0 saturated carbocycles. The summed E-state index contributed by atoms with van der Waals surface area (Å²) >= 11 is 0. The molecule has 1 heterocycles. The Kier molecular flexibility index (Phi) is 1.23. The Morgan fingerprint density at radius 3 is 2.82 bits per heavy atom. The minimum atomic E-state index is -0.601. The molecule has 1 aliphatic heterocycles. The van der Waals surface area contributed by atoms with Crippen molar-refractivity contribution in [1.29, 1.82) is 0 Å². The standard InChI is InChI=1S/C8H10O3/c1-8(2)10-6-4-3-5(9)7(6)11-8/h3-4,6-7H,1-2H3/t6?,7-/m0/s1. The zero-order valence-electron chi connectivity index (χ0n) is 6.53. The van der Waals surface area contributed by atoms with Crippen molar-refractivity contribution in [3.05, 3.63) is 12.2 Å². The number of fused-ring (bicyclic) bond motifs is 1.